The molecule has 0 saturated heterocycles. The van der Waals surface area contributed by atoms with Crippen LogP contribution in [0.15, 0.2) is 85.1 Å². The van der Waals surface area contributed by atoms with E-state index in [1.807, 2.05) is 6.08 Å². The number of carboxylic acids is 1. The zero-order valence-corrected chi connectivity index (χ0v) is 22.1. The van der Waals surface area contributed by atoms with Crippen LogP contribution >= 0.6 is 0 Å². The van der Waals surface area contributed by atoms with Crippen molar-refractivity contribution in [1.29, 1.82) is 0 Å². The number of rotatable bonds is 22. The summed E-state index contributed by atoms with van der Waals surface area (Å²) in [5, 5.41) is 13.7. The van der Waals surface area contributed by atoms with Gasteiger partial charge in [0.1, 0.15) is 0 Å². The highest BCUT2D eigenvalue weighted by Crippen LogP contribution is 1.97. The molecule has 0 saturated carbocycles. The van der Waals surface area contributed by atoms with Crippen molar-refractivity contribution in [2.45, 2.75) is 58.3 Å². The normalized spacial score (nSPS) is 12.5. The number of amides is 2. The van der Waals surface area contributed by atoms with Gasteiger partial charge in [-0.05, 0) is 44.9 Å². The van der Waals surface area contributed by atoms with Crippen molar-refractivity contribution in [2.75, 3.05) is 26.3 Å². The monoisotopic (exact) mass is 512 g/mol. The molecule has 0 heterocycles. The molecule has 0 spiro atoms. The lowest BCUT2D eigenvalue weighted by Gasteiger charge is -2.06. The summed E-state index contributed by atoms with van der Waals surface area (Å²) >= 11 is 0. The molecule has 0 bridgehead atoms. The van der Waals surface area contributed by atoms with Crippen molar-refractivity contribution in [2.24, 2.45) is 0 Å². The van der Waals surface area contributed by atoms with Crippen molar-refractivity contribution >= 4 is 17.8 Å². The quantitative estimate of drug-likeness (QED) is 0.103. The topological polar surface area (TPSA) is 105 Å². The second-order valence-electron chi connectivity index (χ2n) is 7.88. The van der Waals surface area contributed by atoms with E-state index in [1.54, 1.807) is 0 Å². The summed E-state index contributed by atoms with van der Waals surface area (Å²) in [6, 6.07) is 0. The maximum atomic E-state index is 11.8. The van der Waals surface area contributed by atoms with E-state index in [-0.39, 0.29) is 19.1 Å². The lowest BCUT2D eigenvalue weighted by atomic mass is 10.2. The Morgan fingerprint density at radius 3 is 1.59 bits per heavy atom. The van der Waals surface area contributed by atoms with Crippen molar-refractivity contribution in [3.8, 4) is 0 Å². The molecule has 0 unspecified atom stereocenters. The first-order valence-corrected chi connectivity index (χ1v) is 13.0. The maximum Gasteiger partial charge on any atom is 0.328 e. The molecule has 37 heavy (non-hydrogen) atoms. The van der Waals surface area contributed by atoms with Crippen molar-refractivity contribution < 1.29 is 24.2 Å². The number of allylic oxidation sites excluding steroid dienone is 12. The van der Waals surface area contributed by atoms with E-state index >= 15 is 0 Å². The van der Waals surface area contributed by atoms with Crippen molar-refractivity contribution in [3.63, 3.8) is 0 Å². The van der Waals surface area contributed by atoms with Gasteiger partial charge in [-0.1, -0.05) is 79.8 Å². The average Bonchev–Trinajstić information content (AvgIpc) is 2.88. The van der Waals surface area contributed by atoms with Crippen molar-refractivity contribution in [3.05, 3.63) is 85.1 Å². The molecule has 0 radical (unpaired) electrons. The van der Waals surface area contributed by atoms with Gasteiger partial charge in [0.25, 0.3) is 0 Å². The Kier molecular flexibility index (Phi) is 24.6. The Hall–Kier alpha value is -3.45. The van der Waals surface area contributed by atoms with Crippen molar-refractivity contribution in [1.82, 2.24) is 10.6 Å². The van der Waals surface area contributed by atoms with E-state index in [4.69, 9.17) is 9.84 Å². The zero-order valence-electron chi connectivity index (χ0n) is 22.1. The molecule has 0 aliphatic rings. The first-order chi connectivity index (χ1) is 18.1. The highest BCUT2D eigenvalue weighted by molar-refractivity contribution is 5.93. The molecule has 2 amide bonds. The van der Waals surface area contributed by atoms with Crippen LogP contribution < -0.4 is 10.6 Å². The van der Waals surface area contributed by atoms with Gasteiger partial charge in [-0.15, -0.1) is 0 Å². The summed E-state index contributed by atoms with van der Waals surface area (Å²) < 4.78 is 5.30. The van der Waals surface area contributed by atoms with Crippen LogP contribution in [0.1, 0.15) is 58.3 Å². The van der Waals surface area contributed by atoms with Crippen LogP contribution in [0.5, 0.6) is 0 Å². The molecule has 0 aromatic carbocycles. The van der Waals surface area contributed by atoms with Crippen LogP contribution in [-0.2, 0) is 19.1 Å². The minimum absolute atomic E-state index is 0.0322. The van der Waals surface area contributed by atoms with Gasteiger partial charge in [0, 0.05) is 31.7 Å². The fraction of sp³-hybridized carbons (Fsp3) is 0.433. The summed E-state index contributed by atoms with van der Waals surface area (Å²) in [6.07, 6.45) is 34.5. The van der Waals surface area contributed by atoms with Crippen LogP contribution in [0.25, 0.3) is 0 Å². The third-order valence-corrected chi connectivity index (χ3v) is 4.63. The molecule has 0 fully saturated rings. The van der Waals surface area contributed by atoms with Crippen LogP contribution in [0, 0.1) is 0 Å². The number of carbonyl (C=O) groups is 3. The predicted molar refractivity (Wildman–Crippen MR) is 151 cm³/mol. The molecule has 0 aliphatic heterocycles. The maximum absolute atomic E-state index is 11.8. The molecule has 7 nitrogen and oxygen atoms in total. The minimum Gasteiger partial charge on any atom is -0.478 e. The lowest BCUT2D eigenvalue weighted by Crippen LogP contribution is -2.29. The highest BCUT2D eigenvalue weighted by Gasteiger charge is 1.99. The largest absolute Gasteiger partial charge is 0.478 e. The summed E-state index contributed by atoms with van der Waals surface area (Å²) in [4.78, 5) is 33.3. The minimum atomic E-state index is -1.18. The van der Waals surface area contributed by atoms with E-state index in [0.717, 1.165) is 50.7 Å². The van der Waals surface area contributed by atoms with Gasteiger partial charge in [0.15, 0.2) is 0 Å². The number of nitrogens with one attached hydrogen (secondary N) is 2. The molecular weight excluding hydrogens is 468 g/mol. The van der Waals surface area contributed by atoms with E-state index in [9.17, 15) is 14.4 Å². The van der Waals surface area contributed by atoms with Crippen LogP contribution in [0.4, 0.5) is 0 Å². The molecule has 3 N–H and O–H groups in total. The van der Waals surface area contributed by atoms with Gasteiger partial charge in [-0.2, -0.15) is 0 Å². The molecule has 0 aromatic heterocycles. The Labute approximate surface area is 222 Å². The summed E-state index contributed by atoms with van der Waals surface area (Å²) in [5.74, 6) is -1.70. The summed E-state index contributed by atoms with van der Waals surface area (Å²) in [5.41, 5.74) is 0. The lowest BCUT2D eigenvalue weighted by molar-refractivity contribution is -0.131. The zero-order chi connectivity index (χ0) is 27.2. The standard InChI is InChI=1S/C30H44N2O5/c1-2-3-4-5-6-7-8-9-10-11-12-13-14-15-16-17-18-19-20-21-28(33)31-24-26-37-27-25-32-29(34)22-23-30(35)36/h3-4,6-7,9-10,12-13,15-16,18-19,22-23H,2,5,8,11,14,17,20-21,24-27H2,1H3,(H,31,33)(H,32,34)(H,35,36). The molecule has 204 valence electrons. The number of hydrogen-bond donors (Lipinski definition) is 3. The molecule has 0 atom stereocenters. The third kappa shape index (κ3) is 28.7. The van der Waals surface area contributed by atoms with Crippen LogP contribution in [0.3, 0.4) is 0 Å². The van der Waals surface area contributed by atoms with E-state index in [2.05, 4.69) is 84.4 Å². The number of carboxylic acid groups (broad SMARTS) is 1. The Bertz CT molecular complexity index is 820. The smallest absolute Gasteiger partial charge is 0.328 e. The van der Waals surface area contributed by atoms with Crippen LogP contribution in [0.2, 0.25) is 0 Å². The van der Waals surface area contributed by atoms with Crippen LogP contribution in [-0.4, -0.2) is 49.2 Å². The summed E-state index contributed by atoms with van der Waals surface area (Å²) in [6.45, 7) is 3.42. The number of hydrogen-bond acceptors (Lipinski definition) is 4. The van der Waals surface area contributed by atoms with Gasteiger partial charge in [0.05, 0.1) is 13.2 Å². The fourth-order valence-corrected chi connectivity index (χ4v) is 2.76. The second kappa shape index (κ2) is 27.1. The molecular formula is C30H44N2O5. The van der Waals surface area contributed by atoms with E-state index in [1.165, 1.54) is 0 Å². The number of aliphatic carboxylic acids is 1. The van der Waals surface area contributed by atoms with Gasteiger partial charge in [-0.3, -0.25) is 9.59 Å². The first kappa shape index (κ1) is 33.5. The Morgan fingerprint density at radius 1 is 0.649 bits per heavy atom. The molecule has 0 rings (SSSR count). The van der Waals surface area contributed by atoms with Gasteiger partial charge < -0.3 is 20.5 Å². The van der Waals surface area contributed by atoms with E-state index < -0.39 is 11.9 Å². The van der Waals surface area contributed by atoms with E-state index in [0.29, 0.717) is 26.0 Å². The first-order valence-electron chi connectivity index (χ1n) is 13.0. The van der Waals surface area contributed by atoms with Gasteiger partial charge >= 0.3 is 5.97 Å². The Balaban J connectivity index is 3.58. The summed E-state index contributed by atoms with van der Waals surface area (Å²) in [7, 11) is 0. The molecule has 0 aliphatic carbocycles. The number of ether oxygens (including phenoxy) is 1. The second-order valence-corrected chi connectivity index (χ2v) is 7.88. The average molecular weight is 513 g/mol. The fourth-order valence-electron chi connectivity index (χ4n) is 2.76. The van der Waals surface area contributed by atoms with Gasteiger partial charge in [-0.25, -0.2) is 4.79 Å². The molecule has 0 aromatic rings. The SMILES string of the molecule is CCC=CCC=CCC=CCC=CCC=CCC=CCCC(=O)NCCOCCNC(=O)C=CC(=O)O. The third-order valence-electron chi connectivity index (χ3n) is 4.63. The predicted octanol–water partition coefficient (Wildman–Crippen LogP) is 5.35. The molecule has 7 heteroatoms. The van der Waals surface area contributed by atoms with Gasteiger partial charge in [0.2, 0.25) is 11.8 Å². The highest BCUT2D eigenvalue weighted by atomic mass is 16.5. The Morgan fingerprint density at radius 2 is 1.11 bits per heavy atom. The number of carbonyl (C=O) groups excluding carboxylic acids is 2.